The highest BCUT2D eigenvalue weighted by atomic mass is 16.1. The van der Waals surface area contributed by atoms with Crippen LogP contribution in [0.25, 0.3) is 32.3 Å². The van der Waals surface area contributed by atoms with Gasteiger partial charge in [-0.3, -0.25) is 9.59 Å². The molecule has 160 valence electrons. The summed E-state index contributed by atoms with van der Waals surface area (Å²) in [6.45, 7) is 0. The first kappa shape index (κ1) is 20.1. The van der Waals surface area contributed by atoms with Gasteiger partial charge >= 0.3 is 0 Å². The van der Waals surface area contributed by atoms with Crippen LogP contribution in [0.5, 0.6) is 0 Å². The van der Waals surface area contributed by atoms with Crippen LogP contribution in [0.2, 0.25) is 0 Å². The Morgan fingerprint density at radius 3 is 1.26 bits per heavy atom. The molecule has 0 N–H and O–H groups in total. The van der Waals surface area contributed by atoms with E-state index >= 15 is 0 Å². The van der Waals surface area contributed by atoms with E-state index in [1.165, 1.54) is 0 Å². The number of ketones is 2. The summed E-state index contributed by atoms with van der Waals surface area (Å²) in [5.74, 6) is -0.00998. The molecule has 2 heteroatoms. The Kier molecular flexibility index (Phi) is 4.78. The zero-order chi connectivity index (χ0) is 23.1. The standard InChI is InChI=1S/C32H20O2/c33-31(29-13-5-9-21-7-1-3-11-27(21)29)25-17-15-24-20-26(18-16-23(24)19-25)32(34)30-14-6-10-22-8-2-4-12-28(22)30/h1-20H. The topological polar surface area (TPSA) is 34.1 Å². The second-order valence-electron chi connectivity index (χ2n) is 8.49. The molecule has 6 aromatic carbocycles. The molecule has 34 heavy (non-hydrogen) atoms. The molecule has 0 unspecified atom stereocenters. The zero-order valence-corrected chi connectivity index (χ0v) is 18.4. The first-order chi connectivity index (χ1) is 16.7. The van der Waals surface area contributed by atoms with E-state index in [4.69, 9.17) is 0 Å². The molecule has 0 fully saturated rings. The lowest BCUT2D eigenvalue weighted by Gasteiger charge is -2.09. The third-order valence-corrected chi connectivity index (χ3v) is 6.43. The molecular weight excluding hydrogens is 416 g/mol. The fourth-order valence-corrected chi connectivity index (χ4v) is 4.69. The smallest absolute Gasteiger partial charge is 0.193 e. The summed E-state index contributed by atoms with van der Waals surface area (Å²) in [6, 6.07) is 38.8. The molecule has 0 spiro atoms. The summed E-state index contributed by atoms with van der Waals surface area (Å²) in [5, 5.41) is 5.86. The number of carbonyl (C=O) groups excluding carboxylic acids is 2. The Morgan fingerprint density at radius 1 is 0.382 bits per heavy atom. The number of hydrogen-bond acceptors (Lipinski definition) is 2. The summed E-state index contributed by atoms with van der Waals surface area (Å²) in [4.78, 5) is 26.7. The lowest BCUT2D eigenvalue weighted by Crippen LogP contribution is -2.03. The number of benzene rings is 6. The van der Waals surface area contributed by atoms with Crippen LogP contribution >= 0.6 is 0 Å². The summed E-state index contributed by atoms with van der Waals surface area (Å²) in [7, 11) is 0. The van der Waals surface area contributed by atoms with E-state index in [0.29, 0.717) is 22.3 Å². The van der Waals surface area contributed by atoms with Gasteiger partial charge in [0.15, 0.2) is 11.6 Å². The van der Waals surface area contributed by atoms with E-state index in [1.807, 2.05) is 121 Å². The van der Waals surface area contributed by atoms with Crippen molar-refractivity contribution in [3.05, 3.63) is 144 Å². The van der Waals surface area contributed by atoms with Gasteiger partial charge in [-0.25, -0.2) is 0 Å². The molecule has 2 nitrogen and oxygen atoms in total. The molecule has 6 aromatic rings. The SMILES string of the molecule is O=C(c1ccc2cc(C(=O)c3cccc4ccccc34)ccc2c1)c1cccc2ccccc12. The van der Waals surface area contributed by atoms with Crippen LogP contribution in [0.15, 0.2) is 121 Å². The maximum Gasteiger partial charge on any atom is 0.193 e. The molecule has 0 atom stereocenters. The summed E-state index contributed by atoms with van der Waals surface area (Å²) < 4.78 is 0. The Morgan fingerprint density at radius 2 is 0.794 bits per heavy atom. The first-order valence-corrected chi connectivity index (χ1v) is 11.3. The third-order valence-electron chi connectivity index (χ3n) is 6.43. The fourth-order valence-electron chi connectivity index (χ4n) is 4.69. The van der Waals surface area contributed by atoms with Crippen molar-refractivity contribution in [3.63, 3.8) is 0 Å². The predicted octanol–water partition coefficient (Wildman–Crippen LogP) is 7.61. The highest BCUT2D eigenvalue weighted by Gasteiger charge is 2.15. The third kappa shape index (κ3) is 3.37. The molecule has 0 aliphatic heterocycles. The van der Waals surface area contributed by atoms with Gasteiger partial charge in [0.25, 0.3) is 0 Å². The monoisotopic (exact) mass is 436 g/mol. The molecule has 0 amide bonds. The molecule has 0 radical (unpaired) electrons. The number of hydrogen-bond donors (Lipinski definition) is 0. The second kappa shape index (κ2) is 8.09. The van der Waals surface area contributed by atoms with Crippen LogP contribution in [0.1, 0.15) is 31.8 Å². The van der Waals surface area contributed by atoms with Crippen molar-refractivity contribution in [1.82, 2.24) is 0 Å². The zero-order valence-electron chi connectivity index (χ0n) is 18.4. The van der Waals surface area contributed by atoms with Crippen molar-refractivity contribution in [2.24, 2.45) is 0 Å². The Bertz CT molecular complexity index is 1600. The Labute approximate surface area is 197 Å². The lowest BCUT2D eigenvalue weighted by atomic mass is 9.93. The minimum Gasteiger partial charge on any atom is -0.289 e. The highest BCUT2D eigenvalue weighted by molar-refractivity contribution is 6.19. The molecule has 0 aromatic heterocycles. The minimum atomic E-state index is -0.00499. The van der Waals surface area contributed by atoms with Crippen LogP contribution < -0.4 is 0 Å². The maximum atomic E-state index is 13.3. The minimum absolute atomic E-state index is 0.00499. The average Bonchev–Trinajstić information content (AvgIpc) is 2.91. The summed E-state index contributed by atoms with van der Waals surface area (Å²) in [5.41, 5.74) is 2.66. The van der Waals surface area contributed by atoms with E-state index in [1.54, 1.807) is 0 Å². The van der Waals surface area contributed by atoms with Crippen molar-refractivity contribution in [2.45, 2.75) is 0 Å². The molecule has 0 aliphatic carbocycles. The van der Waals surface area contributed by atoms with Crippen LogP contribution in [0.3, 0.4) is 0 Å². The van der Waals surface area contributed by atoms with E-state index in [0.717, 1.165) is 32.3 Å². The van der Waals surface area contributed by atoms with Crippen LogP contribution in [0, 0.1) is 0 Å². The van der Waals surface area contributed by atoms with Gasteiger partial charge in [-0.05, 0) is 44.5 Å². The van der Waals surface area contributed by atoms with Crippen molar-refractivity contribution < 1.29 is 9.59 Å². The number of fused-ring (bicyclic) bond motifs is 3. The molecule has 0 saturated carbocycles. The van der Waals surface area contributed by atoms with Gasteiger partial charge < -0.3 is 0 Å². The van der Waals surface area contributed by atoms with Gasteiger partial charge in [-0.1, -0.05) is 109 Å². The largest absolute Gasteiger partial charge is 0.289 e. The van der Waals surface area contributed by atoms with Crippen LogP contribution in [0.4, 0.5) is 0 Å². The van der Waals surface area contributed by atoms with Gasteiger partial charge in [0, 0.05) is 22.3 Å². The van der Waals surface area contributed by atoms with Crippen molar-refractivity contribution in [3.8, 4) is 0 Å². The molecule has 0 aliphatic rings. The highest BCUT2D eigenvalue weighted by Crippen LogP contribution is 2.26. The summed E-state index contributed by atoms with van der Waals surface area (Å²) in [6.07, 6.45) is 0. The van der Waals surface area contributed by atoms with Gasteiger partial charge in [0.2, 0.25) is 0 Å². The normalized spacial score (nSPS) is 11.2. The lowest BCUT2D eigenvalue weighted by molar-refractivity contribution is 0.103. The fraction of sp³-hybridized carbons (Fsp3) is 0. The van der Waals surface area contributed by atoms with Gasteiger partial charge in [-0.15, -0.1) is 0 Å². The van der Waals surface area contributed by atoms with Crippen molar-refractivity contribution in [1.29, 1.82) is 0 Å². The quantitative estimate of drug-likeness (QED) is 0.267. The molecule has 0 bridgehead atoms. The average molecular weight is 437 g/mol. The molecule has 0 saturated heterocycles. The van der Waals surface area contributed by atoms with Gasteiger partial charge in [-0.2, -0.15) is 0 Å². The Hall–Kier alpha value is -4.56. The Balaban J connectivity index is 1.38. The second-order valence-corrected chi connectivity index (χ2v) is 8.49. The maximum absolute atomic E-state index is 13.3. The van der Waals surface area contributed by atoms with Crippen molar-refractivity contribution >= 4 is 43.9 Å². The number of rotatable bonds is 4. The molecule has 0 heterocycles. The number of carbonyl (C=O) groups is 2. The van der Waals surface area contributed by atoms with Gasteiger partial charge in [0.1, 0.15) is 0 Å². The van der Waals surface area contributed by atoms with E-state index in [2.05, 4.69) is 0 Å². The van der Waals surface area contributed by atoms with E-state index in [-0.39, 0.29) is 11.6 Å². The molecule has 6 rings (SSSR count). The van der Waals surface area contributed by atoms with Crippen LogP contribution in [-0.2, 0) is 0 Å². The van der Waals surface area contributed by atoms with E-state index in [9.17, 15) is 9.59 Å². The van der Waals surface area contributed by atoms with Crippen LogP contribution in [-0.4, -0.2) is 11.6 Å². The van der Waals surface area contributed by atoms with E-state index < -0.39 is 0 Å². The summed E-state index contributed by atoms with van der Waals surface area (Å²) >= 11 is 0. The van der Waals surface area contributed by atoms with Crippen molar-refractivity contribution in [2.75, 3.05) is 0 Å². The molecular formula is C32H20O2. The predicted molar refractivity (Wildman–Crippen MR) is 139 cm³/mol. The van der Waals surface area contributed by atoms with Gasteiger partial charge in [0.05, 0.1) is 0 Å². The first-order valence-electron chi connectivity index (χ1n) is 11.3.